The molecule has 1 N–H and O–H groups in total. The molecule has 0 saturated heterocycles. The average Bonchev–Trinajstić information content (AvgIpc) is 2.71. The van der Waals surface area contributed by atoms with E-state index in [2.05, 4.69) is 26.2 Å². The van der Waals surface area contributed by atoms with Crippen LogP contribution in [0, 0.1) is 10.1 Å². The molecule has 0 unspecified atom stereocenters. The van der Waals surface area contributed by atoms with Crippen molar-refractivity contribution in [3.63, 3.8) is 0 Å². The van der Waals surface area contributed by atoms with Gasteiger partial charge in [0.15, 0.2) is 0 Å². The van der Waals surface area contributed by atoms with Gasteiger partial charge >= 0.3 is 0 Å². The maximum Gasteiger partial charge on any atom is 0.287 e. The van der Waals surface area contributed by atoms with Gasteiger partial charge in [0.05, 0.1) is 23.0 Å². The van der Waals surface area contributed by atoms with Gasteiger partial charge in [0, 0.05) is 23.8 Å². The lowest BCUT2D eigenvalue weighted by Crippen LogP contribution is -2.15. The maximum atomic E-state index is 12.0. The predicted octanol–water partition coefficient (Wildman–Crippen LogP) is 2.34. The van der Waals surface area contributed by atoms with E-state index in [4.69, 9.17) is 0 Å². The lowest BCUT2D eigenvalue weighted by atomic mass is 10.3. The molecule has 1 amide bonds. The molecule has 8 heteroatoms. The van der Waals surface area contributed by atoms with Crippen molar-refractivity contribution in [1.82, 2.24) is 9.55 Å². The van der Waals surface area contributed by atoms with Crippen molar-refractivity contribution in [1.29, 1.82) is 0 Å². The zero-order valence-corrected chi connectivity index (χ0v) is 11.4. The van der Waals surface area contributed by atoms with Crippen molar-refractivity contribution in [3.8, 4) is 0 Å². The highest BCUT2D eigenvalue weighted by atomic mass is 79.9. The van der Waals surface area contributed by atoms with E-state index in [1.807, 2.05) is 0 Å². The minimum atomic E-state index is -0.544. The fourth-order valence-electron chi connectivity index (χ4n) is 1.55. The first-order valence-electron chi connectivity index (χ1n) is 5.20. The summed E-state index contributed by atoms with van der Waals surface area (Å²) >= 11 is 3.24. The minimum Gasteiger partial charge on any atom is -0.340 e. The molecule has 19 heavy (non-hydrogen) atoms. The molecular weight excluding hydrogens is 316 g/mol. The zero-order valence-electron chi connectivity index (χ0n) is 9.83. The first-order chi connectivity index (χ1) is 8.97. The fraction of sp³-hybridized carbons (Fsp3) is 0.0909. The van der Waals surface area contributed by atoms with Crippen LogP contribution in [-0.2, 0) is 7.05 Å². The molecule has 7 nitrogen and oxygen atoms in total. The molecule has 0 aliphatic carbocycles. The normalized spacial score (nSPS) is 10.2. The standard InChI is InChI=1S/C11H9BrN4O3/c1-15-6-9(16(18)19)3-10(15)11(17)14-8-2-7(12)4-13-5-8/h2-6H,1H3,(H,14,17). The monoisotopic (exact) mass is 324 g/mol. The van der Waals surface area contributed by atoms with Gasteiger partial charge in [0.2, 0.25) is 0 Å². The van der Waals surface area contributed by atoms with Crippen LogP contribution in [0.5, 0.6) is 0 Å². The van der Waals surface area contributed by atoms with E-state index in [0.717, 1.165) is 4.47 Å². The van der Waals surface area contributed by atoms with Gasteiger partial charge in [-0.15, -0.1) is 0 Å². The van der Waals surface area contributed by atoms with E-state index in [-0.39, 0.29) is 11.4 Å². The van der Waals surface area contributed by atoms with Crippen LogP contribution in [0.25, 0.3) is 0 Å². The number of carbonyl (C=O) groups is 1. The SMILES string of the molecule is Cn1cc([N+](=O)[O-])cc1C(=O)Nc1cncc(Br)c1. The molecule has 0 atom stereocenters. The third-order valence-corrected chi connectivity index (χ3v) is 2.83. The third kappa shape index (κ3) is 2.97. The van der Waals surface area contributed by atoms with Crippen LogP contribution in [0.2, 0.25) is 0 Å². The highest BCUT2D eigenvalue weighted by molar-refractivity contribution is 9.10. The summed E-state index contributed by atoms with van der Waals surface area (Å²) < 4.78 is 2.13. The molecule has 2 aromatic heterocycles. The van der Waals surface area contributed by atoms with Crippen molar-refractivity contribution in [2.24, 2.45) is 7.05 Å². The molecule has 0 bridgehead atoms. The number of hydrogen-bond acceptors (Lipinski definition) is 4. The second-order valence-corrected chi connectivity index (χ2v) is 4.71. The summed E-state index contributed by atoms with van der Waals surface area (Å²) in [7, 11) is 1.57. The van der Waals surface area contributed by atoms with Crippen LogP contribution < -0.4 is 5.32 Å². The summed E-state index contributed by atoms with van der Waals surface area (Å²) in [6, 6.07) is 2.91. The van der Waals surface area contributed by atoms with Gasteiger partial charge in [-0.2, -0.15) is 0 Å². The topological polar surface area (TPSA) is 90.1 Å². The molecule has 2 aromatic rings. The number of rotatable bonds is 3. The summed E-state index contributed by atoms with van der Waals surface area (Å²) in [4.78, 5) is 26.0. The molecule has 2 rings (SSSR count). The predicted molar refractivity (Wildman–Crippen MR) is 72.0 cm³/mol. The van der Waals surface area contributed by atoms with Gasteiger partial charge in [0.1, 0.15) is 5.69 Å². The molecule has 98 valence electrons. The van der Waals surface area contributed by atoms with E-state index in [9.17, 15) is 14.9 Å². The lowest BCUT2D eigenvalue weighted by Gasteiger charge is -2.05. The Morgan fingerprint density at radius 3 is 2.79 bits per heavy atom. The molecule has 0 fully saturated rings. The number of nitrogens with one attached hydrogen (secondary N) is 1. The lowest BCUT2D eigenvalue weighted by molar-refractivity contribution is -0.384. The molecule has 2 heterocycles. The maximum absolute atomic E-state index is 12.0. The summed E-state index contributed by atoms with van der Waals surface area (Å²) in [5.41, 5.74) is 0.579. The number of anilines is 1. The second kappa shape index (κ2) is 5.19. The number of carbonyl (C=O) groups excluding carboxylic acids is 1. The molecule has 0 radical (unpaired) electrons. The minimum absolute atomic E-state index is 0.125. The number of halogens is 1. The van der Waals surface area contributed by atoms with Crippen LogP contribution in [0.15, 0.2) is 35.2 Å². The molecule has 0 aliphatic rings. The number of amides is 1. The van der Waals surface area contributed by atoms with E-state index in [1.165, 1.54) is 23.0 Å². The van der Waals surface area contributed by atoms with Crippen LogP contribution >= 0.6 is 15.9 Å². The first-order valence-corrected chi connectivity index (χ1v) is 5.99. The van der Waals surface area contributed by atoms with Gasteiger partial charge in [-0.1, -0.05) is 0 Å². The zero-order chi connectivity index (χ0) is 14.0. The number of nitrogens with zero attached hydrogens (tertiary/aromatic N) is 3. The Morgan fingerprint density at radius 2 is 2.21 bits per heavy atom. The highest BCUT2D eigenvalue weighted by Gasteiger charge is 2.17. The fourth-order valence-corrected chi connectivity index (χ4v) is 1.91. The van der Waals surface area contributed by atoms with Gasteiger partial charge in [0.25, 0.3) is 11.6 Å². The second-order valence-electron chi connectivity index (χ2n) is 3.80. The van der Waals surface area contributed by atoms with E-state index < -0.39 is 10.8 Å². The summed E-state index contributed by atoms with van der Waals surface area (Å²) in [5.74, 6) is -0.435. The average molecular weight is 325 g/mol. The Morgan fingerprint density at radius 1 is 1.47 bits per heavy atom. The number of nitro groups is 1. The Balaban J connectivity index is 2.23. The van der Waals surface area contributed by atoms with Crippen LogP contribution in [-0.4, -0.2) is 20.4 Å². The van der Waals surface area contributed by atoms with Crippen molar-refractivity contribution in [2.75, 3.05) is 5.32 Å². The molecule has 0 saturated carbocycles. The van der Waals surface area contributed by atoms with Crippen molar-refractivity contribution in [3.05, 3.63) is 51.0 Å². The first kappa shape index (κ1) is 13.2. The van der Waals surface area contributed by atoms with Crippen molar-refractivity contribution in [2.45, 2.75) is 0 Å². The number of pyridine rings is 1. The molecule has 0 aromatic carbocycles. The van der Waals surface area contributed by atoms with Crippen LogP contribution in [0.4, 0.5) is 11.4 Å². The largest absolute Gasteiger partial charge is 0.340 e. The highest BCUT2D eigenvalue weighted by Crippen LogP contribution is 2.18. The molecule has 0 aliphatic heterocycles. The molecular formula is C11H9BrN4O3. The van der Waals surface area contributed by atoms with E-state index >= 15 is 0 Å². The Hall–Kier alpha value is -2.22. The van der Waals surface area contributed by atoms with Crippen molar-refractivity contribution < 1.29 is 9.72 Å². The van der Waals surface area contributed by atoms with Crippen molar-refractivity contribution >= 4 is 33.2 Å². The Kier molecular flexibility index (Phi) is 3.61. The quantitative estimate of drug-likeness (QED) is 0.693. The number of aromatic nitrogens is 2. The van der Waals surface area contributed by atoms with Gasteiger partial charge in [-0.05, 0) is 22.0 Å². The van der Waals surface area contributed by atoms with Crippen LogP contribution in [0.1, 0.15) is 10.5 Å². The number of hydrogen-bond donors (Lipinski definition) is 1. The molecule has 0 spiro atoms. The van der Waals surface area contributed by atoms with Gasteiger partial charge < -0.3 is 9.88 Å². The summed E-state index contributed by atoms with van der Waals surface area (Å²) in [5, 5.41) is 13.3. The Bertz CT molecular complexity index is 653. The number of aryl methyl sites for hydroxylation is 1. The summed E-state index contributed by atoms with van der Waals surface area (Å²) in [6.45, 7) is 0. The van der Waals surface area contributed by atoms with Gasteiger partial charge in [-0.3, -0.25) is 19.9 Å². The summed E-state index contributed by atoms with van der Waals surface area (Å²) in [6.07, 6.45) is 4.36. The van der Waals surface area contributed by atoms with Crippen LogP contribution in [0.3, 0.4) is 0 Å². The smallest absolute Gasteiger partial charge is 0.287 e. The van der Waals surface area contributed by atoms with E-state index in [0.29, 0.717) is 5.69 Å². The van der Waals surface area contributed by atoms with Gasteiger partial charge in [-0.25, -0.2) is 0 Å². The Labute approximate surface area is 116 Å². The van der Waals surface area contributed by atoms with E-state index in [1.54, 1.807) is 19.3 Å². The third-order valence-electron chi connectivity index (χ3n) is 2.40.